The number of carbonyl (C=O) groups excluding carboxylic acids is 3. The quantitative estimate of drug-likeness (QED) is 0.0875. The lowest BCUT2D eigenvalue weighted by Crippen LogP contribution is -2.44. The van der Waals surface area contributed by atoms with Gasteiger partial charge in [-0.15, -0.1) is 0 Å². The number of anilines is 6. The molecule has 12 aromatic heterocycles. The fourth-order valence-electron chi connectivity index (χ4n) is 12.3. The third-order valence-electron chi connectivity index (χ3n) is 16.8. The molecular weight excluding hydrogens is 1210 g/mol. The zero-order valence-corrected chi connectivity index (χ0v) is 53.4. The molecule has 2 unspecified atom stereocenters. The van der Waals surface area contributed by atoms with Crippen LogP contribution in [0, 0.1) is 11.8 Å². The maximum absolute atomic E-state index is 12.7. The Labute approximate surface area is 552 Å². The van der Waals surface area contributed by atoms with Crippen molar-refractivity contribution in [3.63, 3.8) is 0 Å². The summed E-state index contributed by atoms with van der Waals surface area (Å²) in [5.41, 5.74) is 6.96. The fraction of sp³-hybridized carbons (Fsp3) is 0.294. The Balaban J connectivity index is 0.000000130. The SMILES string of the molecule is CC1CC(C)CN(c2ncnc3c2ccn3CC(=O)Nc2ccc(-c3cnccn3)cn2)C1.CN1CCN(c2ncnc3c2ccn3CC(=O)Nc2ccc(-c3cnccn3)cn2)CC1.O=C(Cn1ccc2c(N3CCCCC3)ncnc21)Nc1ccc(-c2cnccn2)cn1. The van der Waals surface area contributed by atoms with E-state index in [0.717, 1.165) is 137 Å². The van der Waals surface area contributed by atoms with Gasteiger partial charge in [0.15, 0.2) is 0 Å². The molecule has 2 atom stereocenters. The standard InChI is InChI=1S/C24H26N8O.C22H23N9O.C22H22N8O/c1-16-9-17(2)13-32(12-16)24-19-5-8-31(23(19)28-15-29-24)14-22(33)30-21-4-3-18(10-27-21)20-11-25-6-7-26-20;1-29-8-10-30(11-9-29)21-17-4-7-31(22(17)27-15-26-21)14-20(32)28-19-3-2-16(12-25-19)18-13-23-5-6-24-18;31-20(28-19-5-4-16(12-25-19)18-13-23-7-8-24-18)14-30-11-6-17-21(26-15-27-22(17)30)29-9-2-1-3-10-29/h3-8,10-11,15-17H,9,12-14H2,1-2H3,(H,27,30,33);2-7,12-13,15H,8-11,14H2,1H3,(H,25,28,32);4-8,11-13,15H,1-3,9-10,14H2,(H,25,28,31). The van der Waals surface area contributed by atoms with Crippen molar-refractivity contribution in [3.8, 4) is 33.8 Å². The molecule has 3 aliphatic heterocycles. The summed E-state index contributed by atoms with van der Waals surface area (Å²) >= 11 is 0. The van der Waals surface area contributed by atoms with Crippen LogP contribution in [0.4, 0.5) is 34.9 Å². The van der Waals surface area contributed by atoms with Crippen LogP contribution >= 0.6 is 0 Å². The molecule has 3 amide bonds. The summed E-state index contributed by atoms with van der Waals surface area (Å²) in [5, 5.41) is 11.4. The number of amides is 3. The van der Waals surface area contributed by atoms with Gasteiger partial charge in [0.1, 0.15) is 90.5 Å². The number of hydrogen-bond donors (Lipinski definition) is 3. The lowest BCUT2D eigenvalue weighted by Gasteiger charge is -2.36. The zero-order chi connectivity index (χ0) is 65.7. The van der Waals surface area contributed by atoms with E-state index in [1.165, 1.54) is 25.7 Å². The highest BCUT2D eigenvalue weighted by Gasteiger charge is 2.26. The lowest BCUT2D eigenvalue weighted by atomic mass is 9.92. The van der Waals surface area contributed by atoms with Crippen molar-refractivity contribution in [1.82, 2.24) is 93.4 Å². The maximum Gasteiger partial charge on any atom is 0.245 e. The monoisotopic (exact) mass is 1290 g/mol. The van der Waals surface area contributed by atoms with Crippen LogP contribution < -0.4 is 30.7 Å². The first-order valence-corrected chi connectivity index (χ1v) is 31.9. The number of aromatic nitrogens is 18. The number of piperidine rings is 2. The van der Waals surface area contributed by atoms with Crippen molar-refractivity contribution >= 4 is 85.7 Å². The molecular formula is C68H71N25O3. The zero-order valence-electron chi connectivity index (χ0n) is 53.4. The van der Waals surface area contributed by atoms with Gasteiger partial charge < -0.3 is 49.3 Å². The molecule has 0 spiro atoms. The second-order valence-electron chi connectivity index (χ2n) is 24.0. The molecule has 28 nitrogen and oxygen atoms in total. The van der Waals surface area contributed by atoms with Crippen molar-refractivity contribution in [2.24, 2.45) is 11.8 Å². The molecule has 0 aromatic carbocycles. The van der Waals surface area contributed by atoms with Crippen molar-refractivity contribution in [3.05, 3.63) is 167 Å². The van der Waals surface area contributed by atoms with Crippen molar-refractivity contribution in [2.75, 3.05) is 90.1 Å². The Morgan fingerprint density at radius 3 is 1.10 bits per heavy atom. The highest BCUT2D eigenvalue weighted by Crippen LogP contribution is 2.32. The first-order chi connectivity index (χ1) is 47.0. The lowest BCUT2D eigenvalue weighted by molar-refractivity contribution is -0.117. The van der Waals surface area contributed by atoms with Gasteiger partial charge >= 0.3 is 0 Å². The second-order valence-corrected chi connectivity index (χ2v) is 24.0. The van der Waals surface area contributed by atoms with Crippen LogP contribution in [0.25, 0.3) is 66.9 Å². The highest BCUT2D eigenvalue weighted by molar-refractivity contribution is 5.95. The Morgan fingerprint density at radius 2 is 0.760 bits per heavy atom. The number of nitrogens with zero attached hydrogens (tertiary/aromatic N) is 22. The van der Waals surface area contributed by atoms with Crippen LogP contribution in [0.3, 0.4) is 0 Å². The predicted molar refractivity (Wildman–Crippen MR) is 365 cm³/mol. The number of likely N-dealkylation sites (N-methyl/N-ethyl adjacent to an activating group) is 1. The Morgan fingerprint density at radius 1 is 0.396 bits per heavy atom. The molecule has 15 rings (SSSR count). The number of rotatable bonds is 15. The maximum atomic E-state index is 12.7. The summed E-state index contributed by atoms with van der Waals surface area (Å²) in [4.78, 5) is 112. The minimum absolute atomic E-state index is 0.135. The normalized spacial score (nSPS) is 15.7. The first kappa shape index (κ1) is 63.1. The van der Waals surface area contributed by atoms with E-state index in [4.69, 9.17) is 0 Å². The third-order valence-corrected chi connectivity index (χ3v) is 16.8. The average molecular weight is 1290 g/mol. The molecule has 0 bridgehead atoms. The van der Waals surface area contributed by atoms with E-state index in [1.54, 1.807) is 112 Å². The molecule has 3 N–H and O–H groups in total. The van der Waals surface area contributed by atoms with E-state index in [0.29, 0.717) is 29.3 Å². The number of pyridine rings is 3. The van der Waals surface area contributed by atoms with E-state index >= 15 is 0 Å². The average Bonchev–Trinajstić information content (AvgIpc) is 1.65. The Bertz CT molecular complexity index is 4570. The van der Waals surface area contributed by atoms with Crippen LogP contribution in [0.15, 0.2) is 167 Å². The Kier molecular flexibility index (Phi) is 19.4. The van der Waals surface area contributed by atoms with Crippen molar-refractivity contribution in [1.29, 1.82) is 0 Å². The second kappa shape index (κ2) is 29.5. The van der Waals surface area contributed by atoms with E-state index in [1.807, 2.05) is 68.7 Å². The summed E-state index contributed by atoms with van der Waals surface area (Å²) < 4.78 is 5.52. The van der Waals surface area contributed by atoms with Crippen LogP contribution in [-0.4, -0.2) is 170 Å². The number of fused-ring (bicyclic) bond motifs is 3. The van der Waals surface area contributed by atoms with Gasteiger partial charge in [-0.25, -0.2) is 44.9 Å². The Hall–Kier alpha value is -11.7. The molecule has 12 aromatic rings. The minimum atomic E-state index is -0.179. The van der Waals surface area contributed by atoms with Crippen molar-refractivity contribution < 1.29 is 14.4 Å². The van der Waals surface area contributed by atoms with Gasteiger partial charge in [-0.2, -0.15) is 0 Å². The van der Waals surface area contributed by atoms with Gasteiger partial charge in [0.05, 0.1) is 51.8 Å². The number of hydrogen-bond acceptors (Lipinski definition) is 22. The topological polar surface area (TPSA) is 308 Å². The largest absolute Gasteiger partial charge is 0.356 e. The number of piperazine rings is 1. The predicted octanol–water partition coefficient (Wildman–Crippen LogP) is 7.99. The van der Waals surface area contributed by atoms with E-state index in [2.05, 4.69) is 131 Å². The molecule has 486 valence electrons. The minimum Gasteiger partial charge on any atom is -0.356 e. The summed E-state index contributed by atoms with van der Waals surface area (Å²) in [5.74, 6) is 4.98. The van der Waals surface area contributed by atoms with Gasteiger partial charge in [0, 0.05) is 143 Å². The molecule has 3 aliphatic rings. The molecule has 0 aliphatic carbocycles. The van der Waals surface area contributed by atoms with Crippen LogP contribution in [0.1, 0.15) is 39.5 Å². The first-order valence-electron chi connectivity index (χ1n) is 31.9. The molecule has 15 heterocycles. The number of nitrogens with one attached hydrogen (secondary N) is 3. The summed E-state index contributed by atoms with van der Waals surface area (Å²) in [6, 6.07) is 16.8. The van der Waals surface area contributed by atoms with Crippen LogP contribution in [-0.2, 0) is 34.0 Å². The van der Waals surface area contributed by atoms with Gasteiger partial charge in [-0.05, 0) is 99.2 Å². The molecule has 28 heteroatoms. The smallest absolute Gasteiger partial charge is 0.245 e. The molecule has 3 saturated heterocycles. The van der Waals surface area contributed by atoms with E-state index < -0.39 is 0 Å². The fourth-order valence-corrected chi connectivity index (χ4v) is 12.3. The highest BCUT2D eigenvalue weighted by atomic mass is 16.2. The van der Waals surface area contributed by atoms with E-state index in [9.17, 15) is 14.4 Å². The van der Waals surface area contributed by atoms with Gasteiger partial charge in [0.2, 0.25) is 17.7 Å². The van der Waals surface area contributed by atoms with Crippen LogP contribution in [0.2, 0.25) is 0 Å². The van der Waals surface area contributed by atoms with Gasteiger partial charge in [0.25, 0.3) is 0 Å². The van der Waals surface area contributed by atoms with Gasteiger partial charge in [-0.3, -0.25) is 44.3 Å². The van der Waals surface area contributed by atoms with Crippen LogP contribution in [0.5, 0.6) is 0 Å². The molecule has 0 radical (unpaired) electrons. The van der Waals surface area contributed by atoms with E-state index in [-0.39, 0.29) is 37.4 Å². The molecule has 0 saturated carbocycles. The molecule has 96 heavy (non-hydrogen) atoms. The number of carbonyl (C=O) groups is 3. The summed E-state index contributed by atoms with van der Waals surface area (Å²) in [6.45, 7) is 12.8. The van der Waals surface area contributed by atoms with Gasteiger partial charge in [-0.1, -0.05) is 13.8 Å². The summed E-state index contributed by atoms with van der Waals surface area (Å²) in [7, 11) is 2.13. The third kappa shape index (κ3) is 15.2. The van der Waals surface area contributed by atoms with Crippen molar-refractivity contribution in [2.45, 2.75) is 59.2 Å². The summed E-state index contributed by atoms with van der Waals surface area (Å²) in [6.07, 6.45) is 35.0. The molecule has 3 fully saturated rings.